The molecular formula is C17H18FNO2. The van der Waals surface area contributed by atoms with E-state index in [1.807, 2.05) is 30.3 Å². The summed E-state index contributed by atoms with van der Waals surface area (Å²) in [4.78, 5) is 11.6. The first-order chi connectivity index (χ1) is 10.2. The number of fused-ring (bicyclic) bond motifs is 1. The third-order valence-electron chi connectivity index (χ3n) is 3.86. The number of hydrogen-bond donors (Lipinski definition) is 1. The lowest BCUT2D eigenvalue weighted by Crippen LogP contribution is -2.28. The number of halogens is 1. The molecule has 1 amide bonds. The zero-order chi connectivity index (χ0) is 14.8. The summed E-state index contributed by atoms with van der Waals surface area (Å²) in [5.41, 5.74) is 0.586. The van der Waals surface area contributed by atoms with Gasteiger partial charge < -0.3 is 10.1 Å². The number of nitrogens with one attached hydrogen (secondary N) is 1. The van der Waals surface area contributed by atoms with Gasteiger partial charge in [0, 0.05) is 5.92 Å². The lowest BCUT2D eigenvalue weighted by molar-refractivity contribution is -0.122. The monoisotopic (exact) mass is 287 g/mol. The first-order valence-corrected chi connectivity index (χ1v) is 7.17. The number of rotatable bonds is 5. The van der Waals surface area contributed by atoms with Crippen LogP contribution in [0.4, 0.5) is 4.39 Å². The van der Waals surface area contributed by atoms with Gasteiger partial charge in [0.2, 0.25) is 5.91 Å². The summed E-state index contributed by atoms with van der Waals surface area (Å²) in [5, 5.41) is 4.48. The van der Waals surface area contributed by atoms with Crippen molar-refractivity contribution in [1.29, 1.82) is 0 Å². The Morgan fingerprint density at radius 3 is 2.90 bits per heavy atom. The van der Waals surface area contributed by atoms with Crippen LogP contribution < -0.4 is 10.1 Å². The van der Waals surface area contributed by atoms with Gasteiger partial charge in [-0.15, -0.1) is 0 Å². The van der Waals surface area contributed by atoms with E-state index in [0.717, 1.165) is 23.6 Å². The quantitative estimate of drug-likeness (QED) is 0.915. The number of carbonyl (C=O) groups excluding carboxylic acids is 1. The van der Waals surface area contributed by atoms with E-state index in [1.165, 1.54) is 0 Å². The fourth-order valence-electron chi connectivity index (χ4n) is 2.47. The second kappa shape index (κ2) is 5.72. The molecule has 0 aromatic heterocycles. The summed E-state index contributed by atoms with van der Waals surface area (Å²) in [5.74, 6) is 0.768. The average Bonchev–Trinajstić information content (AvgIpc) is 3.36. The fourth-order valence-corrected chi connectivity index (χ4v) is 2.47. The summed E-state index contributed by atoms with van der Waals surface area (Å²) < 4.78 is 19.7. The number of ether oxygens (including phenoxy) is 1. The molecule has 1 unspecified atom stereocenters. The van der Waals surface area contributed by atoms with E-state index >= 15 is 0 Å². The highest BCUT2D eigenvalue weighted by atomic mass is 19.1. The highest BCUT2D eigenvalue weighted by molar-refractivity contribution is 5.87. The molecule has 2 aromatic carbocycles. The summed E-state index contributed by atoms with van der Waals surface area (Å²) in [6.07, 6.45) is 0.631. The highest BCUT2D eigenvalue weighted by Crippen LogP contribution is 2.31. The Morgan fingerprint density at radius 2 is 2.19 bits per heavy atom. The molecule has 1 aliphatic carbocycles. The van der Waals surface area contributed by atoms with Crippen LogP contribution in [0.25, 0.3) is 10.8 Å². The van der Waals surface area contributed by atoms with Gasteiger partial charge in [-0.3, -0.25) is 4.79 Å². The van der Waals surface area contributed by atoms with E-state index in [9.17, 15) is 9.18 Å². The van der Waals surface area contributed by atoms with Gasteiger partial charge in [0.25, 0.3) is 0 Å². The predicted octanol–water partition coefficient (Wildman–Crippen LogP) is 3.39. The second-order valence-corrected chi connectivity index (χ2v) is 5.42. The Bertz CT molecular complexity index is 667. The Kier molecular flexibility index (Phi) is 3.78. The molecule has 1 N–H and O–H groups in total. The van der Waals surface area contributed by atoms with Crippen LogP contribution in [0.2, 0.25) is 0 Å². The van der Waals surface area contributed by atoms with Crippen LogP contribution in [0.3, 0.4) is 0 Å². The average molecular weight is 287 g/mol. The summed E-state index contributed by atoms with van der Waals surface area (Å²) in [7, 11) is 1.59. The predicted molar refractivity (Wildman–Crippen MR) is 80.1 cm³/mol. The fraction of sp³-hybridized carbons (Fsp3) is 0.353. The molecule has 3 rings (SSSR count). The molecule has 0 radical (unpaired) electrons. The van der Waals surface area contributed by atoms with Crippen LogP contribution in [0.5, 0.6) is 5.75 Å². The van der Waals surface area contributed by atoms with Crippen LogP contribution in [0, 0.1) is 5.92 Å². The molecule has 1 atom stereocenters. The topological polar surface area (TPSA) is 38.3 Å². The number of methoxy groups -OCH3 is 1. The molecule has 1 saturated carbocycles. The zero-order valence-corrected chi connectivity index (χ0v) is 11.9. The van der Waals surface area contributed by atoms with Gasteiger partial charge in [-0.25, -0.2) is 4.39 Å². The molecule has 0 bridgehead atoms. The van der Waals surface area contributed by atoms with E-state index in [-0.39, 0.29) is 18.4 Å². The Balaban J connectivity index is 1.82. The minimum atomic E-state index is -1.22. The van der Waals surface area contributed by atoms with Crippen molar-refractivity contribution in [3.05, 3.63) is 42.0 Å². The first-order valence-electron chi connectivity index (χ1n) is 7.17. The summed E-state index contributed by atoms with van der Waals surface area (Å²) in [6, 6.07) is 11.1. The van der Waals surface area contributed by atoms with Crippen LogP contribution in [-0.4, -0.2) is 19.6 Å². The normalized spacial score (nSPS) is 15.7. The lowest BCUT2D eigenvalue weighted by Gasteiger charge is -2.13. The van der Waals surface area contributed by atoms with Crippen LogP contribution >= 0.6 is 0 Å². The molecule has 21 heavy (non-hydrogen) atoms. The van der Waals surface area contributed by atoms with Crippen LogP contribution in [0.15, 0.2) is 36.4 Å². The van der Waals surface area contributed by atoms with Crippen molar-refractivity contribution < 1.29 is 13.9 Å². The summed E-state index contributed by atoms with van der Waals surface area (Å²) >= 11 is 0. The van der Waals surface area contributed by atoms with Gasteiger partial charge in [-0.2, -0.15) is 0 Å². The van der Waals surface area contributed by atoms with Crippen LogP contribution in [0.1, 0.15) is 24.6 Å². The zero-order valence-electron chi connectivity index (χ0n) is 11.9. The third kappa shape index (κ3) is 2.99. The van der Waals surface area contributed by atoms with E-state index in [4.69, 9.17) is 4.74 Å². The molecule has 0 saturated heterocycles. The number of carbonyl (C=O) groups is 1. The van der Waals surface area contributed by atoms with E-state index < -0.39 is 6.17 Å². The minimum Gasteiger partial charge on any atom is -0.497 e. The Morgan fingerprint density at radius 1 is 1.38 bits per heavy atom. The van der Waals surface area contributed by atoms with Crippen molar-refractivity contribution in [3.8, 4) is 5.75 Å². The molecule has 0 aliphatic heterocycles. The first kappa shape index (κ1) is 13.9. The number of amides is 1. The SMILES string of the molecule is COc1ccc2cccc(C(F)CNC(=O)C3CC3)c2c1. The molecule has 0 spiro atoms. The van der Waals surface area contributed by atoms with Gasteiger partial charge in [-0.1, -0.05) is 24.3 Å². The molecule has 0 heterocycles. The maximum atomic E-state index is 14.5. The number of hydrogen-bond acceptors (Lipinski definition) is 2. The Labute approximate surface area is 123 Å². The molecule has 110 valence electrons. The molecule has 1 fully saturated rings. The second-order valence-electron chi connectivity index (χ2n) is 5.42. The largest absolute Gasteiger partial charge is 0.497 e. The lowest BCUT2D eigenvalue weighted by atomic mass is 10.0. The maximum absolute atomic E-state index is 14.5. The third-order valence-corrected chi connectivity index (χ3v) is 3.86. The Hall–Kier alpha value is -2.10. The van der Waals surface area contributed by atoms with Crippen molar-refractivity contribution in [2.45, 2.75) is 19.0 Å². The van der Waals surface area contributed by atoms with Crippen molar-refractivity contribution in [1.82, 2.24) is 5.32 Å². The molecule has 2 aromatic rings. The highest BCUT2D eigenvalue weighted by Gasteiger charge is 2.29. The smallest absolute Gasteiger partial charge is 0.223 e. The van der Waals surface area contributed by atoms with Crippen molar-refractivity contribution >= 4 is 16.7 Å². The van der Waals surface area contributed by atoms with E-state index in [0.29, 0.717) is 11.3 Å². The maximum Gasteiger partial charge on any atom is 0.223 e. The van der Waals surface area contributed by atoms with Gasteiger partial charge in [0.05, 0.1) is 13.7 Å². The van der Waals surface area contributed by atoms with Gasteiger partial charge in [0.1, 0.15) is 11.9 Å². The van der Waals surface area contributed by atoms with Crippen LogP contribution in [-0.2, 0) is 4.79 Å². The van der Waals surface area contributed by atoms with Crippen molar-refractivity contribution in [2.24, 2.45) is 5.92 Å². The van der Waals surface area contributed by atoms with Gasteiger partial charge >= 0.3 is 0 Å². The molecule has 4 heteroatoms. The van der Waals surface area contributed by atoms with Gasteiger partial charge in [-0.05, 0) is 41.3 Å². The summed E-state index contributed by atoms with van der Waals surface area (Å²) in [6.45, 7) is 0.0195. The van der Waals surface area contributed by atoms with Crippen molar-refractivity contribution in [2.75, 3.05) is 13.7 Å². The number of benzene rings is 2. The number of alkyl halides is 1. The van der Waals surface area contributed by atoms with E-state index in [1.54, 1.807) is 13.2 Å². The minimum absolute atomic E-state index is 0.0195. The van der Waals surface area contributed by atoms with Gasteiger partial charge in [0.15, 0.2) is 0 Å². The van der Waals surface area contributed by atoms with Crippen molar-refractivity contribution in [3.63, 3.8) is 0 Å². The van der Waals surface area contributed by atoms with E-state index in [2.05, 4.69) is 5.32 Å². The molecule has 1 aliphatic rings. The molecule has 3 nitrogen and oxygen atoms in total. The standard InChI is InChI=1S/C17H18FNO2/c1-21-13-8-7-11-3-2-4-14(15(11)9-13)16(18)10-19-17(20)12-5-6-12/h2-4,7-9,12,16H,5-6,10H2,1H3,(H,19,20). The molecular weight excluding hydrogens is 269 g/mol.